The fourth-order valence-corrected chi connectivity index (χ4v) is 4.72. The van der Waals surface area contributed by atoms with Crippen LogP contribution in [0.1, 0.15) is 55.2 Å². The van der Waals surface area contributed by atoms with Gasteiger partial charge in [-0.3, -0.25) is 4.79 Å². The van der Waals surface area contributed by atoms with Gasteiger partial charge in [0, 0.05) is 30.1 Å². The van der Waals surface area contributed by atoms with E-state index in [1.807, 2.05) is 58.0 Å². The summed E-state index contributed by atoms with van der Waals surface area (Å²) in [5, 5.41) is 10.1. The van der Waals surface area contributed by atoms with Crippen molar-refractivity contribution in [3.8, 4) is 17.3 Å². The maximum Gasteiger partial charge on any atom is 0.254 e. The van der Waals surface area contributed by atoms with Gasteiger partial charge in [0.05, 0.1) is 57.4 Å². The molecular formula is C27H30N4O3S. The van der Waals surface area contributed by atoms with E-state index in [0.717, 1.165) is 16.5 Å². The van der Waals surface area contributed by atoms with Gasteiger partial charge in [-0.1, -0.05) is 30.3 Å². The molecule has 2 aromatic carbocycles. The van der Waals surface area contributed by atoms with Crippen molar-refractivity contribution in [3.63, 3.8) is 0 Å². The molecule has 0 radical (unpaired) electrons. The lowest BCUT2D eigenvalue weighted by molar-refractivity contribution is 0.0304. The summed E-state index contributed by atoms with van der Waals surface area (Å²) in [6.45, 7) is 9.92. The molecular weight excluding hydrogens is 460 g/mol. The van der Waals surface area contributed by atoms with Crippen LogP contribution in [-0.4, -0.2) is 51.1 Å². The first-order valence-electron chi connectivity index (χ1n) is 11.7. The van der Waals surface area contributed by atoms with Crippen molar-refractivity contribution in [1.82, 2.24) is 14.6 Å². The first kappa shape index (κ1) is 25.0. The number of nitrogens with one attached hydrogen (secondary N) is 1. The number of ether oxygens (including phenoxy) is 1. The highest BCUT2D eigenvalue weighted by Gasteiger charge is 2.23. The van der Waals surface area contributed by atoms with Gasteiger partial charge in [-0.15, -0.1) is 0 Å². The smallest absolute Gasteiger partial charge is 0.254 e. The first-order valence-corrected chi connectivity index (χ1v) is 12.8. The molecule has 0 aliphatic carbocycles. The molecule has 3 aromatic rings. The van der Waals surface area contributed by atoms with Gasteiger partial charge in [0.15, 0.2) is 0 Å². The summed E-state index contributed by atoms with van der Waals surface area (Å²) in [7, 11) is -1.18. The minimum atomic E-state index is -1.18. The largest absolute Gasteiger partial charge is 0.378 e. The molecule has 8 heteroatoms. The number of rotatable bonds is 5. The van der Waals surface area contributed by atoms with E-state index in [9.17, 15) is 14.3 Å². The Labute approximate surface area is 208 Å². The minimum Gasteiger partial charge on any atom is -0.378 e. The average molecular weight is 491 g/mol. The maximum absolute atomic E-state index is 13.4. The van der Waals surface area contributed by atoms with Crippen LogP contribution in [0.25, 0.3) is 22.2 Å². The average Bonchev–Trinajstić information content (AvgIpc) is 2.87. The SMILES string of the molecule is CC(NS(=O)C(C)(C)C)c1ccc(-c2cc(C(=O)N3CCOCC3)c3ccc(C#N)cc3n2)cc1. The molecule has 0 spiro atoms. The van der Waals surface area contributed by atoms with Crippen LogP contribution in [0.3, 0.4) is 0 Å². The third-order valence-electron chi connectivity index (χ3n) is 6.01. The molecule has 0 bridgehead atoms. The number of morpholine rings is 1. The van der Waals surface area contributed by atoms with E-state index < -0.39 is 11.0 Å². The van der Waals surface area contributed by atoms with Crippen molar-refractivity contribution in [2.45, 2.75) is 38.5 Å². The van der Waals surface area contributed by atoms with Crippen molar-refractivity contribution in [1.29, 1.82) is 5.26 Å². The molecule has 1 N–H and O–H groups in total. The van der Waals surface area contributed by atoms with Crippen molar-refractivity contribution in [3.05, 3.63) is 65.2 Å². The van der Waals surface area contributed by atoms with Gasteiger partial charge in [0.2, 0.25) is 0 Å². The lowest BCUT2D eigenvalue weighted by Crippen LogP contribution is -2.40. The number of nitriles is 1. The number of aromatic nitrogens is 1. The van der Waals surface area contributed by atoms with Crippen molar-refractivity contribution < 1.29 is 13.7 Å². The summed E-state index contributed by atoms with van der Waals surface area (Å²) in [6, 6.07) is 17.0. The summed E-state index contributed by atoms with van der Waals surface area (Å²) in [5.41, 5.74) is 4.19. The number of carbonyl (C=O) groups is 1. The number of carbonyl (C=O) groups excluding carboxylic acids is 1. The van der Waals surface area contributed by atoms with Gasteiger partial charge in [-0.05, 0) is 51.5 Å². The fourth-order valence-electron chi connectivity index (χ4n) is 3.91. The zero-order valence-corrected chi connectivity index (χ0v) is 21.3. The van der Waals surface area contributed by atoms with Gasteiger partial charge < -0.3 is 9.64 Å². The van der Waals surface area contributed by atoms with E-state index >= 15 is 0 Å². The second-order valence-corrected chi connectivity index (χ2v) is 11.6. The lowest BCUT2D eigenvalue weighted by atomic mass is 10.00. The standard InChI is InChI=1S/C27H30N4O3S/c1-18(30-35(33)27(2,3)4)20-6-8-21(9-7-20)24-16-23(26(32)31-11-13-34-14-12-31)22-10-5-19(17-28)15-25(22)29-24/h5-10,15-16,18,30H,11-14H2,1-4H3. The van der Waals surface area contributed by atoms with Gasteiger partial charge in [0.1, 0.15) is 0 Å². The highest BCUT2D eigenvalue weighted by atomic mass is 32.2. The second-order valence-electron chi connectivity index (χ2n) is 9.65. The quantitative estimate of drug-likeness (QED) is 0.573. The van der Waals surface area contributed by atoms with Crippen LogP contribution in [0.5, 0.6) is 0 Å². The Balaban J connectivity index is 1.70. The number of amides is 1. The molecule has 1 fully saturated rings. The monoisotopic (exact) mass is 490 g/mol. The van der Waals surface area contributed by atoms with E-state index in [0.29, 0.717) is 48.6 Å². The topological polar surface area (TPSA) is 95.3 Å². The summed E-state index contributed by atoms with van der Waals surface area (Å²) in [4.78, 5) is 20.0. The molecule has 2 unspecified atom stereocenters. The van der Waals surface area contributed by atoms with Crippen LogP contribution in [0, 0.1) is 11.3 Å². The Kier molecular flexibility index (Phi) is 7.31. The molecule has 2 atom stereocenters. The van der Waals surface area contributed by atoms with Gasteiger partial charge >= 0.3 is 0 Å². The van der Waals surface area contributed by atoms with Crippen LogP contribution in [0.2, 0.25) is 0 Å². The molecule has 1 amide bonds. The highest BCUT2D eigenvalue weighted by molar-refractivity contribution is 7.84. The van der Waals surface area contributed by atoms with Crippen molar-refractivity contribution >= 4 is 27.8 Å². The van der Waals surface area contributed by atoms with E-state index in [2.05, 4.69) is 10.8 Å². The van der Waals surface area contributed by atoms with Gasteiger partial charge in [-0.2, -0.15) is 5.26 Å². The predicted molar refractivity (Wildman–Crippen MR) is 138 cm³/mol. The van der Waals surface area contributed by atoms with Crippen LogP contribution < -0.4 is 4.72 Å². The number of fused-ring (bicyclic) bond motifs is 1. The van der Waals surface area contributed by atoms with Gasteiger partial charge in [0.25, 0.3) is 5.91 Å². The van der Waals surface area contributed by atoms with E-state index in [1.54, 1.807) is 23.1 Å². The Bertz CT molecular complexity index is 1300. The van der Waals surface area contributed by atoms with Crippen LogP contribution >= 0.6 is 0 Å². The molecule has 4 rings (SSSR count). The Hall–Kier alpha value is -3.12. The van der Waals surface area contributed by atoms with Crippen LogP contribution in [0.4, 0.5) is 0 Å². The van der Waals surface area contributed by atoms with Crippen LogP contribution in [-0.2, 0) is 15.7 Å². The van der Waals surface area contributed by atoms with Crippen molar-refractivity contribution in [2.75, 3.05) is 26.3 Å². The molecule has 182 valence electrons. The maximum atomic E-state index is 13.4. The molecule has 0 saturated carbocycles. The first-order chi connectivity index (χ1) is 16.7. The molecule has 35 heavy (non-hydrogen) atoms. The van der Waals surface area contributed by atoms with Crippen molar-refractivity contribution in [2.24, 2.45) is 0 Å². The second kappa shape index (κ2) is 10.2. The molecule has 1 aliphatic rings. The summed E-state index contributed by atoms with van der Waals surface area (Å²) in [6.07, 6.45) is 0. The predicted octanol–water partition coefficient (Wildman–Crippen LogP) is 4.36. The van der Waals surface area contributed by atoms with E-state index in [4.69, 9.17) is 9.72 Å². The molecule has 1 aliphatic heterocycles. The minimum absolute atomic E-state index is 0.0641. The van der Waals surface area contributed by atoms with E-state index in [1.165, 1.54) is 0 Å². The normalized spacial score (nSPS) is 16.0. The summed E-state index contributed by atoms with van der Waals surface area (Å²) >= 11 is 0. The number of pyridine rings is 1. The highest BCUT2D eigenvalue weighted by Crippen LogP contribution is 2.28. The molecule has 1 aromatic heterocycles. The molecule has 1 saturated heterocycles. The fraction of sp³-hybridized carbons (Fsp3) is 0.370. The lowest BCUT2D eigenvalue weighted by Gasteiger charge is -2.27. The molecule has 7 nitrogen and oxygen atoms in total. The number of benzene rings is 2. The Morgan fingerprint density at radius 3 is 2.46 bits per heavy atom. The zero-order chi connectivity index (χ0) is 25.2. The number of nitrogens with zero attached hydrogens (tertiary/aromatic N) is 3. The third kappa shape index (κ3) is 5.59. The number of hydrogen-bond donors (Lipinski definition) is 1. The van der Waals surface area contributed by atoms with Crippen LogP contribution in [0.15, 0.2) is 48.5 Å². The Morgan fingerprint density at radius 1 is 1.14 bits per heavy atom. The number of hydrogen-bond acceptors (Lipinski definition) is 5. The summed E-state index contributed by atoms with van der Waals surface area (Å²) < 4.78 is 20.7. The Morgan fingerprint density at radius 2 is 1.83 bits per heavy atom. The zero-order valence-electron chi connectivity index (χ0n) is 20.5. The molecule has 2 heterocycles. The summed E-state index contributed by atoms with van der Waals surface area (Å²) in [5.74, 6) is -0.0641. The third-order valence-corrected chi connectivity index (χ3v) is 7.69. The van der Waals surface area contributed by atoms with E-state index in [-0.39, 0.29) is 16.7 Å². The van der Waals surface area contributed by atoms with Gasteiger partial charge in [-0.25, -0.2) is 13.9 Å².